The minimum atomic E-state index is -0.0590. The van der Waals surface area contributed by atoms with Crippen LogP contribution >= 0.6 is 11.8 Å². The summed E-state index contributed by atoms with van der Waals surface area (Å²) in [5, 5.41) is 1.21. The molecular weight excluding hydrogens is 222 g/mol. The third kappa shape index (κ3) is 3.67. The molecule has 0 saturated carbocycles. The van der Waals surface area contributed by atoms with E-state index in [9.17, 15) is 4.79 Å². The van der Waals surface area contributed by atoms with Crippen molar-refractivity contribution in [2.24, 2.45) is 0 Å². The molecule has 0 amide bonds. The van der Waals surface area contributed by atoms with Gasteiger partial charge in [-0.2, -0.15) is 11.8 Å². The van der Waals surface area contributed by atoms with Crippen molar-refractivity contribution in [2.45, 2.75) is 50.7 Å². The van der Waals surface area contributed by atoms with E-state index in [4.69, 9.17) is 4.74 Å². The largest absolute Gasteiger partial charge is 0.465 e. The monoisotopic (exact) mass is 245 g/mol. The molecule has 0 aromatic rings. The summed E-state index contributed by atoms with van der Waals surface area (Å²) in [6.07, 6.45) is 0.836. The van der Waals surface area contributed by atoms with Crippen molar-refractivity contribution in [3.63, 3.8) is 0 Å². The Morgan fingerprint density at radius 3 is 2.38 bits per heavy atom. The molecule has 3 atom stereocenters. The number of esters is 1. The predicted octanol–water partition coefficient (Wildman–Crippen LogP) is 2.15. The van der Waals surface area contributed by atoms with E-state index in [-0.39, 0.29) is 12.0 Å². The Kier molecular flexibility index (Phi) is 5.62. The van der Waals surface area contributed by atoms with Crippen molar-refractivity contribution in [2.75, 3.05) is 19.7 Å². The van der Waals surface area contributed by atoms with Crippen LogP contribution in [0.1, 0.15) is 34.1 Å². The van der Waals surface area contributed by atoms with Crippen molar-refractivity contribution in [1.29, 1.82) is 0 Å². The smallest absolute Gasteiger partial charge is 0.323 e. The van der Waals surface area contributed by atoms with Gasteiger partial charge in [-0.25, -0.2) is 0 Å². The second kappa shape index (κ2) is 6.50. The minimum Gasteiger partial charge on any atom is -0.465 e. The summed E-state index contributed by atoms with van der Waals surface area (Å²) >= 11 is 2.00. The number of carbonyl (C=O) groups is 1. The Morgan fingerprint density at radius 1 is 1.38 bits per heavy atom. The van der Waals surface area contributed by atoms with Crippen LogP contribution < -0.4 is 0 Å². The maximum absolute atomic E-state index is 11.8. The molecule has 0 spiro atoms. The lowest BCUT2D eigenvalue weighted by molar-refractivity contribution is -0.149. The molecule has 3 unspecified atom stereocenters. The summed E-state index contributed by atoms with van der Waals surface area (Å²) in [5.74, 6) is -0.0590. The highest BCUT2D eigenvalue weighted by molar-refractivity contribution is 8.00. The molecule has 4 heteroatoms. The second-order valence-corrected chi connectivity index (χ2v) is 6.27. The first-order valence-electron chi connectivity index (χ1n) is 6.14. The van der Waals surface area contributed by atoms with Gasteiger partial charge in [-0.15, -0.1) is 0 Å². The SMILES string of the molecule is CCOC(=O)C(CC)N1CC(C)SC(C)C1. The topological polar surface area (TPSA) is 29.5 Å². The Hall–Kier alpha value is -0.220. The first kappa shape index (κ1) is 13.8. The molecule has 94 valence electrons. The Labute approximate surface area is 103 Å². The first-order chi connectivity index (χ1) is 7.58. The number of carbonyl (C=O) groups excluding carboxylic acids is 1. The van der Waals surface area contributed by atoms with Gasteiger partial charge in [0.15, 0.2) is 0 Å². The molecule has 0 bridgehead atoms. The summed E-state index contributed by atoms with van der Waals surface area (Å²) in [6, 6.07) is -0.0502. The van der Waals surface area contributed by atoms with E-state index in [2.05, 4.69) is 25.7 Å². The van der Waals surface area contributed by atoms with Crippen molar-refractivity contribution in [3.05, 3.63) is 0 Å². The van der Waals surface area contributed by atoms with Gasteiger partial charge < -0.3 is 4.74 Å². The summed E-state index contributed by atoms with van der Waals surface area (Å²) in [5.41, 5.74) is 0. The van der Waals surface area contributed by atoms with E-state index in [1.54, 1.807) is 0 Å². The summed E-state index contributed by atoms with van der Waals surface area (Å²) in [7, 11) is 0. The molecule has 0 N–H and O–H groups in total. The molecule has 1 rings (SSSR count). The van der Waals surface area contributed by atoms with Crippen molar-refractivity contribution >= 4 is 17.7 Å². The van der Waals surface area contributed by atoms with Crippen LogP contribution in [-0.4, -0.2) is 47.1 Å². The zero-order chi connectivity index (χ0) is 12.1. The fourth-order valence-electron chi connectivity index (χ4n) is 2.28. The lowest BCUT2D eigenvalue weighted by Crippen LogP contribution is -2.49. The third-order valence-electron chi connectivity index (χ3n) is 2.83. The summed E-state index contributed by atoms with van der Waals surface area (Å²) < 4.78 is 5.13. The third-order valence-corrected chi connectivity index (χ3v) is 4.06. The van der Waals surface area contributed by atoms with Crippen molar-refractivity contribution in [1.82, 2.24) is 4.90 Å². The molecule has 1 heterocycles. The molecule has 1 fully saturated rings. The van der Waals surface area contributed by atoms with Gasteiger partial charge in [-0.05, 0) is 13.3 Å². The van der Waals surface area contributed by atoms with Crippen LogP contribution in [0.4, 0.5) is 0 Å². The van der Waals surface area contributed by atoms with Crippen molar-refractivity contribution < 1.29 is 9.53 Å². The Balaban J connectivity index is 2.60. The van der Waals surface area contributed by atoms with Gasteiger partial charge >= 0.3 is 5.97 Å². The maximum Gasteiger partial charge on any atom is 0.323 e. The highest BCUT2D eigenvalue weighted by Crippen LogP contribution is 2.26. The molecule has 0 aliphatic carbocycles. The molecule has 16 heavy (non-hydrogen) atoms. The van der Waals surface area contributed by atoms with E-state index in [1.807, 2.05) is 18.7 Å². The van der Waals surface area contributed by atoms with Crippen LogP contribution in [-0.2, 0) is 9.53 Å². The summed E-state index contributed by atoms with van der Waals surface area (Å²) in [6.45, 7) is 10.8. The molecule has 1 aliphatic rings. The number of ether oxygens (including phenoxy) is 1. The maximum atomic E-state index is 11.8. The molecular formula is C12H23NO2S. The fourth-order valence-corrected chi connectivity index (χ4v) is 3.63. The zero-order valence-corrected chi connectivity index (χ0v) is 11.5. The lowest BCUT2D eigenvalue weighted by atomic mass is 10.1. The number of nitrogens with zero attached hydrogens (tertiary/aromatic N) is 1. The fraction of sp³-hybridized carbons (Fsp3) is 0.917. The van der Waals surface area contributed by atoms with Crippen LogP contribution in [0.5, 0.6) is 0 Å². The predicted molar refractivity (Wildman–Crippen MR) is 68.8 cm³/mol. The quantitative estimate of drug-likeness (QED) is 0.710. The second-order valence-electron chi connectivity index (χ2n) is 4.39. The van der Waals surface area contributed by atoms with Gasteiger partial charge in [0.05, 0.1) is 6.61 Å². The Bertz CT molecular complexity index is 225. The van der Waals surface area contributed by atoms with Gasteiger partial charge in [-0.1, -0.05) is 20.8 Å². The van der Waals surface area contributed by atoms with Crippen LogP contribution in [0.2, 0.25) is 0 Å². The van der Waals surface area contributed by atoms with E-state index >= 15 is 0 Å². The lowest BCUT2D eigenvalue weighted by Gasteiger charge is -2.38. The highest BCUT2D eigenvalue weighted by atomic mass is 32.2. The van der Waals surface area contributed by atoms with Gasteiger partial charge in [0.2, 0.25) is 0 Å². The number of hydrogen-bond acceptors (Lipinski definition) is 4. The number of rotatable bonds is 4. The highest BCUT2D eigenvalue weighted by Gasteiger charge is 2.31. The van der Waals surface area contributed by atoms with Crippen LogP contribution in [0.3, 0.4) is 0 Å². The van der Waals surface area contributed by atoms with Crippen LogP contribution in [0.15, 0.2) is 0 Å². The number of hydrogen-bond donors (Lipinski definition) is 0. The van der Waals surface area contributed by atoms with E-state index in [1.165, 1.54) is 0 Å². The van der Waals surface area contributed by atoms with Gasteiger partial charge in [0.1, 0.15) is 6.04 Å². The zero-order valence-electron chi connectivity index (χ0n) is 10.7. The molecule has 0 radical (unpaired) electrons. The van der Waals surface area contributed by atoms with Crippen molar-refractivity contribution in [3.8, 4) is 0 Å². The molecule has 1 aliphatic heterocycles. The average molecular weight is 245 g/mol. The van der Waals surface area contributed by atoms with Gasteiger partial charge in [-0.3, -0.25) is 9.69 Å². The number of thioether (sulfide) groups is 1. The minimum absolute atomic E-state index is 0.0502. The van der Waals surface area contributed by atoms with E-state index in [0.717, 1.165) is 19.5 Å². The molecule has 0 aromatic carbocycles. The molecule has 1 saturated heterocycles. The van der Waals surface area contributed by atoms with Crippen LogP contribution in [0, 0.1) is 0 Å². The summed E-state index contributed by atoms with van der Waals surface area (Å²) in [4.78, 5) is 14.1. The first-order valence-corrected chi connectivity index (χ1v) is 7.08. The van der Waals surface area contributed by atoms with Crippen LogP contribution in [0.25, 0.3) is 0 Å². The molecule has 0 aromatic heterocycles. The average Bonchev–Trinajstić information content (AvgIpc) is 2.17. The normalized spacial score (nSPS) is 28.8. The standard InChI is InChI=1S/C12H23NO2S/c1-5-11(12(14)15-6-2)13-7-9(3)16-10(4)8-13/h9-11H,5-8H2,1-4H3. The van der Waals surface area contributed by atoms with E-state index < -0.39 is 0 Å². The van der Waals surface area contributed by atoms with E-state index in [0.29, 0.717) is 17.1 Å². The Morgan fingerprint density at radius 2 is 1.94 bits per heavy atom. The van der Waals surface area contributed by atoms with Gasteiger partial charge in [0, 0.05) is 23.6 Å². The molecule has 3 nitrogen and oxygen atoms in total. The van der Waals surface area contributed by atoms with Gasteiger partial charge in [0.25, 0.3) is 0 Å².